The summed E-state index contributed by atoms with van der Waals surface area (Å²) < 4.78 is 0. The molecule has 1 aromatic rings. The maximum atomic E-state index is 11.7. The molecule has 1 rings (SSSR count). The quantitative estimate of drug-likeness (QED) is 0.867. The second-order valence-electron chi connectivity index (χ2n) is 4.71. The number of likely N-dealkylation sites (N-methyl/N-ethyl adjacent to an activating group) is 2. The lowest BCUT2D eigenvalue weighted by Gasteiger charge is -2.22. The van der Waals surface area contributed by atoms with Crippen LogP contribution in [0.3, 0.4) is 0 Å². The Kier molecular flexibility index (Phi) is 6.12. The molecule has 1 amide bonds. The van der Waals surface area contributed by atoms with Gasteiger partial charge in [0.25, 0.3) is 0 Å². The third-order valence-electron chi connectivity index (χ3n) is 2.87. The maximum Gasteiger partial charge on any atom is 0.241 e. The van der Waals surface area contributed by atoms with Gasteiger partial charge in [0.05, 0.1) is 17.3 Å². The molecule has 5 heteroatoms. The van der Waals surface area contributed by atoms with Gasteiger partial charge >= 0.3 is 0 Å². The Morgan fingerprint density at radius 3 is 2.53 bits per heavy atom. The zero-order valence-electron chi connectivity index (χ0n) is 12.0. The van der Waals surface area contributed by atoms with Crippen LogP contribution in [0.25, 0.3) is 0 Å². The smallest absolute Gasteiger partial charge is 0.241 e. The number of amides is 1. The summed E-state index contributed by atoms with van der Waals surface area (Å²) in [5.74, 6) is 0.0512. The van der Waals surface area contributed by atoms with Gasteiger partial charge in [-0.3, -0.25) is 4.79 Å². The predicted molar refractivity (Wildman–Crippen MR) is 80.8 cm³/mol. The van der Waals surface area contributed by atoms with Crippen LogP contribution >= 0.6 is 11.6 Å². The van der Waals surface area contributed by atoms with Crippen LogP contribution < -0.4 is 10.2 Å². The molecule has 0 aliphatic rings. The Morgan fingerprint density at radius 1 is 1.32 bits per heavy atom. The summed E-state index contributed by atoms with van der Waals surface area (Å²) in [6.45, 7) is 4.11. The van der Waals surface area contributed by atoms with Gasteiger partial charge in [-0.25, -0.2) is 0 Å². The molecule has 0 aliphatic carbocycles. The highest BCUT2D eigenvalue weighted by atomic mass is 35.5. The van der Waals surface area contributed by atoms with Crippen molar-refractivity contribution in [2.24, 2.45) is 0 Å². The Bertz CT molecular complexity index is 435. The van der Waals surface area contributed by atoms with E-state index in [1.165, 1.54) is 0 Å². The molecule has 0 saturated heterocycles. The molecular formula is C14H22ClN3O. The number of carbonyl (C=O) groups is 1. The van der Waals surface area contributed by atoms with Crippen LogP contribution in [0.4, 0.5) is 5.69 Å². The second-order valence-corrected chi connectivity index (χ2v) is 5.12. The number of nitrogens with one attached hydrogen (secondary N) is 1. The minimum Gasteiger partial charge on any atom is -0.364 e. The van der Waals surface area contributed by atoms with Crippen LogP contribution in [0.15, 0.2) is 18.2 Å². The van der Waals surface area contributed by atoms with Crippen molar-refractivity contribution in [2.75, 3.05) is 39.1 Å². The largest absolute Gasteiger partial charge is 0.364 e. The van der Waals surface area contributed by atoms with Gasteiger partial charge in [-0.05, 0) is 24.2 Å². The molecule has 0 aliphatic heterocycles. The van der Waals surface area contributed by atoms with Gasteiger partial charge in [0.1, 0.15) is 0 Å². The van der Waals surface area contributed by atoms with Crippen molar-refractivity contribution in [3.63, 3.8) is 0 Å². The normalized spacial score (nSPS) is 10.4. The van der Waals surface area contributed by atoms with Gasteiger partial charge < -0.3 is 15.1 Å². The molecule has 106 valence electrons. The fourth-order valence-corrected chi connectivity index (χ4v) is 2.02. The van der Waals surface area contributed by atoms with Crippen LogP contribution in [0.5, 0.6) is 0 Å². The van der Waals surface area contributed by atoms with E-state index >= 15 is 0 Å². The fourth-order valence-electron chi connectivity index (χ4n) is 1.67. The molecule has 0 bridgehead atoms. The second kappa shape index (κ2) is 7.36. The van der Waals surface area contributed by atoms with Crippen LogP contribution in [-0.2, 0) is 11.3 Å². The molecule has 0 spiro atoms. The topological polar surface area (TPSA) is 35.6 Å². The molecule has 0 fully saturated rings. The highest BCUT2D eigenvalue weighted by Gasteiger charge is 2.12. The van der Waals surface area contributed by atoms with Crippen molar-refractivity contribution in [1.82, 2.24) is 10.2 Å². The summed E-state index contributed by atoms with van der Waals surface area (Å²) in [5, 5.41) is 3.93. The number of rotatable bonds is 6. The van der Waals surface area contributed by atoms with Gasteiger partial charge in [0.2, 0.25) is 5.91 Å². The van der Waals surface area contributed by atoms with Crippen molar-refractivity contribution >= 4 is 23.2 Å². The van der Waals surface area contributed by atoms with E-state index in [1.807, 2.05) is 30.1 Å². The average molecular weight is 284 g/mol. The third-order valence-corrected chi connectivity index (χ3v) is 3.18. The van der Waals surface area contributed by atoms with Crippen molar-refractivity contribution in [3.8, 4) is 0 Å². The van der Waals surface area contributed by atoms with E-state index in [-0.39, 0.29) is 5.91 Å². The van der Waals surface area contributed by atoms with Gasteiger partial charge in [-0.2, -0.15) is 0 Å². The number of halogens is 1. The van der Waals surface area contributed by atoms with E-state index in [1.54, 1.807) is 19.0 Å². The van der Waals surface area contributed by atoms with Crippen LogP contribution in [-0.4, -0.2) is 45.0 Å². The van der Waals surface area contributed by atoms with E-state index in [0.29, 0.717) is 11.6 Å². The molecule has 19 heavy (non-hydrogen) atoms. The number of nitrogens with zero attached hydrogens (tertiary/aromatic N) is 2. The van der Waals surface area contributed by atoms with E-state index in [2.05, 4.69) is 12.2 Å². The first kappa shape index (κ1) is 15.8. The summed E-state index contributed by atoms with van der Waals surface area (Å²) in [7, 11) is 5.36. The highest BCUT2D eigenvalue weighted by molar-refractivity contribution is 6.33. The first-order chi connectivity index (χ1) is 8.95. The summed E-state index contributed by atoms with van der Waals surface area (Å²) in [6, 6.07) is 5.93. The lowest BCUT2D eigenvalue weighted by molar-refractivity contribution is -0.127. The van der Waals surface area contributed by atoms with Gasteiger partial charge in [-0.15, -0.1) is 0 Å². The highest BCUT2D eigenvalue weighted by Crippen LogP contribution is 2.26. The average Bonchev–Trinajstić information content (AvgIpc) is 2.35. The zero-order valence-corrected chi connectivity index (χ0v) is 12.8. The summed E-state index contributed by atoms with van der Waals surface area (Å²) in [6.07, 6.45) is 0. The van der Waals surface area contributed by atoms with E-state index in [0.717, 1.165) is 24.3 Å². The van der Waals surface area contributed by atoms with Crippen LogP contribution in [0.1, 0.15) is 12.5 Å². The SMILES string of the molecule is CCNCc1ccc(N(C)CC(=O)N(C)C)c(Cl)c1. The number of anilines is 1. The third kappa shape index (κ3) is 4.73. The molecule has 0 aromatic heterocycles. The molecule has 1 N–H and O–H groups in total. The molecule has 0 atom stereocenters. The monoisotopic (exact) mass is 283 g/mol. The standard InChI is InChI=1S/C14H22ClN3O/c1-5-16-9-11-6-7-13(12(15)8-11)18(4)10-14(19)17(2)3/h6-8,16H,5,9-10H2,1-4H3. The number of carbonyl (C=O) groups excluding carboxylic acids is 1. The molecule has 0 heterocycles. The van der Waals surface area contributed by atoms with Crippen LogP contribution in [0, 0.1) is 0 Å². The molecule has 0 radical (unpaired) electrons. The molecule has 0 saturated carbocycles. The summed E-state index contributed by atoms with van der Waals surface area (Å²) >= 11 is 6.27. The Morgan fingerprint density at radius 2 is 2.00 bits per heavy atom. The van der Waals surface area contributed by atoms with Gasteiger partial charge in [0.15, 0.2) is 0 Å². The van der Waals surface area contributed by atoms with Crippen molar-refractivity contribution in [1.29, 1.82) is 0 Å². The number of hydrogen-bond acceptors (Lipinski definition) is 3. The Labute approximate surface area is 120 Å². The van der Waals surface area contributed by atoms with E-state index < -0.39 is 0 Å². The maximum absolute atomic E-state index is 11.7. The van der Waals surface area contributed by atoms with E-state index in [4.69, 9.17) is 11.6 Å². The molecule has 1 aromatic carbocycles. The summed E-state index contributed by atoms with van der Waals surface area (Å²) in [4.78, 5) is 15.1. The lowest BCUT2D eigenvalue weighted by Crippen LogP contribution is -2.34. The van der Waals surface area contributed by atoms with E-state index in [9.17, 15) is 4.79 Å². The minimum absolute atomic E-state index is 0.0512. The molecular weight excluding hydrogens is 262 g/mol. The fraction of sp³-hybridized carbons (Fsp3) is 0.500. The van der Waals surface area contributed by atoms with Crippen LogP contribution in [0.2, 0.25) is 5.02 Å². The van der Waals surface area contributed by atoms with Gasteiger partial charge in [-0.1, -0.05) is 24.6 Å². The Hall–Kier alpha value is -1.26. The molecule has 4 nitrogen and oxygen atoms in total. The first-order valence-corrected chi connectivity index (χ1v) is 6.74. The van der Waals surface area contributed by atoms with Crippen molar-refractivity contribution in [2.45, 2.75) is 13.5 Å². The number of hydrogen-bond donors (Lipinski definition) is 1. The lowest BCUT2D eigenvalue weighted by atomic mass is 10.2. The van der Waals surface area contributed by atoms with Crippen molar-refractivity contribution in [3.05, 3.63) is 28.8 Å². The van der Waals surface area contributed by atoms with Gasteiger partial charge in [0, 0.05) is 27.7 Å². The molecule has 0 unspecified atom stereocenters. The zero-order chi connectivity index (χ0) is 14.4. The number of benzene rings is 1. The summed E-state index contributed by atoms with van der Waals surface area (Å²) in [5.41, 5.74) is 2.01. The Balaban J connectivity index is 2.75. The predicted octanol–water partition coefficient (Wildman–Crippen LogP) is 1.97. The first-order valence-electron chi connectivity index (χ1n) is 6.36. The van der Waals surface area contributed by atoms with Crippen molar-refractivity contribution < 1.29 is 4.79 Å². The minimum atomic E-state index is 0.0512.